The molecule has 3 heterocycles. The van der Waals surface area contributed by atoms with Crippen molar-refractivity contribution in [2.45, 2.75) is 19.9 Å². The highest BCUT2D eigenvalue weighted by molar-refractivity contribution is 7.17. The predicted octanol–water partition coefficient (Wildman–Crippen LogP) is 4.24. The fourth-order valence-corrected chi connectivity index (χ4v) is 2.79. The van der Waals surface area contributed by atoms with Gasteiger partial charge in [-0.1, -0.05) is 6.07 Å². The molecule has 0 saturated carbocycles. The molecule has 0 aliphatic carbocycles. The zero-order valence-electron chi connectivity index (χ0n) is 11.2. The maximum atomic E-state index is 4.33. The number of thiophene rings is 1. The molecule has 20 heavy (non-hydrogen) atoms. The van der Waals surface area contributed by atoms with Crippen LogP contribution in [0.1, 0.15) is 24.1 Å². The lowest BCUT2D eigenvalue weighted by Gasteiger charge is -2.03. The molecule has 0 aliphatic heterocycles. The van der Waals surface area contributed by atoms with Crippen LogP contribution in [0.5, 0.6) is 0 Å². The van der Waals surface area contributed by atoms with Gasteiger partial charge < -0.3 is 0 Å². The minimum Gasteiger partial charge on any atom is -0.264 e. The first kappa shape index (κ1) is 12.8. The monoisotopic (exact) mass is 283 g/mol. The number of nitrogens with zero attached hydrogens (tertiary/aromatic N) is 5. The number of aromatic nitrogens is 3. The van der Waals surface area contributed by atoms with Crippen LogP contribution in [0.3, 0.4) is 0 Å². The van der Waals surface area contributed by atoms with Crippen LogP contribution in [-0.2, 0) is 0 Å². The molecule has 0 aliphatic rings. The van der Waals surface area contributed by atoms with Crippen LogP contribution in [0.4, 0.5) is 5.82 Å². The van der Waals surface area contributed by atoms with Crippen molar-refractivity contribution in [3.63, 3.8) is 0 Å². The third-order valence-corrected chi connectivity index (χ3v) is 4.09. The van der Waals surface area contributed by atoms with Gasteiger partial charge in [0.1, 0.15) is 6.33 Å². The van der Waals surface area contributed by atoms with E-state index in [2.05, 4.69) is 30.6 Å². The molecule has 0 bridgehead atoms. The first-order valence-electron chi connectivity index (χ1n) is 6.25. The van der Waals surface area contributed by atoms with Crippen LogP contribution in [-0.4, -0.2) is 15.0 Å². The van der Waals surface area contributed by atoms with E-state index in [1.807, 2.05) is 26.0 Å². The molecule has 0 radical (unpaired) electrons. The highest BCUT2D eigenvalue weighted by atomic mass is 32.1. The van der Waals surface area contributed by atoms with Crippen molar-refractivity contribution >= 4 is 27.4 Å². The maximum absolute atomic E-state index is 4.33. The Morgan fingerprint density at radius 1 is 1.30 bits per heavy atom. The zero-order valence-corrected chi connectivity index (χ0v) is 12.0. The van der Waals surface area contributed by atoms with Gasteiger partial charge >= 0.3 is 0 Å². The summed E-state index contributed by atoms with van der Waals surface area (Å²) in [6.45, 7) is 4.02. The Morgan fingerprint density at radius 3 is 3.00 bits per heavy atom. The number of hydrogen-bond acceptors (Lipinski definition) is 6. The van der Waals surface area contributed by atoms with Gasteiger partial charge in [-0.25, -0.2) is 9.97 Å². The normalized spacial score (nSPS) is 13.1. The zero-order chi connectivity index (χ0) is 13.9. The molecule has 0 amide bonds. The van der Waals surface area contributed by atoms with Gasteiger partial charge in [-0.15, -0.1) is 16.5 Å². The Bertz CT molecular complexity index is 751. The van der Waals surface area contributed by atoms with E-state index in [4.69, 9.17) is 0 Å². The molecule has 0 N–H and O–H groups in total. The lowest BCUT2D eigenvalue weighted by Crippen LogP contribution is -1.89. The summed E-state index contributed by atoms with van der Waals surface area (Å²) in [5, 5.41) is 10.7. The van der Waals surface area contributed by atoms with Gasteiger partial charge in [0.2, 0.25) is 0 Å². The van der Waals surface area contributed by atoms with Crippen molar-refractivity contribution in [1.82, 2.24) is 15.0 Å². The van der Waals surface area contributed by atoms with Gasteiger partial charge in [0.25, 0.3) is 0 Å². The van der Waals surface area contributed by atoms with Crippen molar-refractivity contribution in [3.05, 3.63) is 47.4 Å². The molecule has 3 rings (SSSR count). The fourth-order valence-electron chi connectivity index (χ4n) is 1.86. The highest BCUT2D eigenvalue weighted by Crippen LogP contribution is 2.31. The summed E-state index contributed by atoms with van der Waals surface area (Å²) in [7, 11) is 0. The van der Waals surface area contributed by atoms with Gasteiger partial charge in [-0.3, -0.25) is 4.98 Å². The molecule has 6 heteroatoms. The van der Waals surface area contributed by atoms with Crippen LogP contribution in [0.2, 0.25) is 0 Å². The first-order chi connectivity index (χ1) is 9.75. The Morgan fingerprint density at radius 2 is 2.20 bits per heavy atom. The summed E-state index contributed by atoms with van der Waals surface area (Å²) in [6, 6.07) is 3.84. The fraction of sp³-hybridized carbons (Fsp3) is 0.214. The average Bonchev–Trinajstić information content (AvgIpc) is 2.88. The molecule has 3 aromatic rings. The van der Waals surface area contributed by atoms with E-state index < -0.39 is 0 Å². The number of pyridine rings is 1. The highest BCUT2D eigenvalue weighted by Gasteiger charge is 2.08. The Labute approximate surface area is 120 Å². The van der Waals surface area contributed by atoms with Gasteiger partial charge in [0.15, 0.2) is 5.82 Å². The molecular formula is C14H13N5S. The number of rotatable bonds is 3. The van der Waals surface area contributed by atoms with E-state index in [9.17, 15) is 0 Å². The van der Waals surface area contributed by atoms with Crippen molar-refractivity contribution in [1.29, 1.82) is 0 Å². The van der Waals surface area contributed by atoms with E-state index in [1.165, 1.54) is 6.33 Å². The molecule has 100 valence electrons. The third-order valence-electron chi connectivity index (χ3n) is 3.00. The second-order valence-corrected chi connectivity index (χ2v) is 5.35. The van der Waals surface area contributed by atoms with Crippen LogP contribution in [0.15, 0.2) is 46.5 Å². The Balaban J connectivity index is 1.91. The summed E-state index contributed by atoms with van der Waals surface area (Å²) in [4.78, 5) is 12.6. The quantitative estimate of drug-likeness (QED) is 0.675. The molecule has 0 fully saturated rings. The van der Waals surface area contributed by atoms with E-state index in [0.29, 0.717) is 5.82 Å². The SMILES string of the molecule is Cc1csc2c(N=NC(C)c3cccnc3)ncnc12. The van der Waals surface area contributed by atoms with E-state index in [1.54, 1.807) is 23.7 Å². The van der Waals surface area contributed by atoms with Gasteiger partial charge in [0.05, 0.1) is 16.3 Å². The third kappa shape index (κ3) is 2.42. The second-order valence-electron chi connectivity index (χ2n) is 4.47. The van der Waals surface area contributed by atoms with Crippen LogP contribution >= 0.6 is 11.3 Å². The minimum atomic E-state index is -0.0465. The standard InChI is InChI=1S/C14H13N5S/c1-9-7-20-13-12(9)16-8-17-14(13)19-18-10(2)11-4-3-5-15-6-11/h3-8,10H,1-2H3. The molecule has 5 nitrogen and oxygen atoms in total. The van der Waals surface area contributed by atoms with E-state index in [-0.39, 0.29) is 6.04 Å². The average molecular weight is 283 g/mol. The van der Waals surface area contributed by atoms with Gasteiger partial charge in [0, 0.05) is 12.4 Å². The van der Waals surface area contributed by atoms with Crippen molar-refractivity contribution in [2.75, 3.05) is 0 Å². The lowest BCUT2D eigenvalue weighted by molar-refractivity contribution is 0.756. The number of fused-ring (bicyclic) bond motifs is 1. The van der Waals surface area contributed by atoms with E-state index in [0.717, 1.165) is 21.3 Å². The van der Waals surface area contributed by atoms with Crippen LogP contribution < -0.4 is 0 Å². The van der Waals surface area contributed by atoms with Gasteiger partial charge in [-0.05, 0) is 36.4 Å². The summed E-state index contributed by atoms with van der Waals surface area (Å²) in [5.74, 6) is 0.629. The van der Waals surface area contributed by atoms with Crippen molar-refractivity contribution in [2.24, 2.45) is 10.2 Å². The minimum absolute atomic E-state index is 0.0465. The smallest absolute Gasteiger partial charge is 0.195 e. The number of azo groups is 1. The van der Waals surface area contributed by atoms with Crippen molar-refractivity contribution < 1.29 is 0 Å². The topological polar surface area (TPSA) is 63.4 Å². The number of aryl methyl sites for hydroxylation is 1. The second kappa shape index (κ2) is 5.42. The summed E-state index contributed by atoms with van der Waals surface area (Å²) >= 11 is 1.60. The van der Waals surface area contributed by atoms with E-state index >= 15 is 0 Å². The molecule has 0 aromatic carbocycles. The number of hydrogen-bond donors (Lipinski definition) is 0. The molecule has 0 spiro atoms. The largest absolute Gasteiger partial charge is 0.264 e. The Kier molecular flexibility index (Phi) is 3.47. The predicted molar refractivity (Wildman–Crippen MR) is 79.3 cm³/mol. The molecule has 1 atom stereocenters. The lowest BCUT2D eigenvalue weighted by atomic mass is 10.2. The van der Waals surface area contributed by atoms with Crippen LogP contribution in [0.25, 0.3) is 10.2 Å². The summed E-state index contributed by atoms with van der Waals surface area (Å²) in [5.41, 5.74) is 3.13. The molecule has 0 saturated heterocycles. The summed E-state index contributed by atoms with van der Waals surface area (Å²) in [6.07, 6.45) is 5.08. The van der Waals surface area contributed by atoms with Crippen molar-refractivity contribution in [3.8, 4) is 0 Å². The molecule has 1 unspecified atom stereocenters. The Hall–Kier alpha value is -2.21. The molecule has 3 aromatic heterocycles. The first-order valence-corrected chi connectivity index (χ1v) is 7.13. The van der Waals surface area contributed by atoms with Crippen LogP contribution in [0, 0.1) is 6.92 Å². The summed E-state index contributed by atoms with van der Waals surface area (Å²) < 4.78 is 0.979. The van der Waals surface area contributed by atoms with Gasteiger partial charge in [-0.2, -0.15) is 5.11 Å². The maximum Gasteiger partial charge on any atom is 0.195 e. The molecular weight excluding hydrogens is 270 g/mol.